The molecule has 54 valence electrons. The minimum atomic E-state index is -0.0359. The van der Waals surface area contributed by atoms with E-state index in [9.17, 15) is 4.79 Å². The number of benzene rings is 1. The van der Waals surface area contributed by atoms with Gasteiger partial charge in [-0.3, -0.25) is 4.79 Å². The Morgan fingerprint density at radius 2 is 2.09 bits per heavy atom. The van der Waals surface area contributed by atoms with Crippen molar-refractivity contribution < 1.29 is 4.79 Å². The van der Waals surface area contributed by atoms with E-state index < -0.39 is 0 Å². The SMILES string of the molecule is [CH]N1C(=O)Cc2ccccc21. The van der Waals surface area contributed by atoms with E-state index in [-0.39, 0.29) is 5.91 Å². The summed E-state index contributed by atoms with van der Waals surface area (Å²) in [6.07, 6.45) is 0.437. The lowest BCUT2D eigenvalue weighted by Crippen LogP contribution is -2.17. The van der Waals surface area contributed by atoms with Gasteiger partial charge in [0.2, 0.25) is 5.91 Å². The number of rotatable bonds is 0. The summed E-state index contributed by atoms with van der Waals surface area (Å²) in [5, 5.41) is 0. The largest absolute Gasteiger partial charge is 0.304 e. The van der Waals surface area contributed by atoms with Crippen LogP contribution in [-0.2, 0) is 11.2 Å². The number of para-hydroxylation sites is 1. The maximum atomic E-state index is 11.0. The molecule has 0 unspecified atom stereocenters. The van der Waals surface area contributed by atoms with Gasteiger partial charge in [0, 0.05) is 5.69 Å². The molecule has 1 amide bonds. The summed E-state index contributed by atoms with van der Waals surface area (Å²) >= 11 is 0. The quantitative estimate of drug-likeness (QED) is 0.538. The molecule has 11 heavy (non-hydrogen) atoms. The predicted octanol–water partition coefficient (Wildman–Crippen LogP) is 1.24. The molecular formula is C9H7NO. The smallest absolute Gasteiger partial charge is 0.231 e. The molecule has 1 heterocycles. The fourth-order valence-corrected chi connectivity index (χ4v) is 1.28. The van der Waals surface area contributed by atoms with Crippen LogP contribution >= 0.6 is 0 Å². The number of anilines is 1. The molecule has 1 aliphatic heterocycles. The number of hydrogen-bond donors (Lipinski definition) is 0. The van der Waals surface area contributed by atoms with Crippen molar-refractivity contribution in [3.63, 3.8) is 0 Å². The van der Waals surface area contributed by atoms with E-state index in [1.807, 2.05) is 24.3 Å². The molecule has 0 atom stereocenters. The molecule has 1 aromatic carbocycles. The molecule has 0 spiro atoms. The number of amides is 1. The average molecular weight is 145 g/mol. The van der Waals surface area contributed by atoms with Gasteiger partial charge in [-0.2, -0.15) is 0 Å². The highest BCUT2D eigenvalue weighted by Gasteiger charge is 2.22. The van der Waals surface area contributed by atoms with Gasteiger partial charge in [-0.15, -0.1) is 0 Å². The third kappa shape index (κ3) is 0.827. The Balaban J connectivity index is 2.55. The Bertz CT molecular complexity index is 306. The molecule has 2 heteroatoms. The molecule has 2 rings (SSSR count). The summed E-state index contributed by atoms with van der Waals surface area (Å²) in [5.41, 5.74) is 1.84. The Labute approximate surface area is 65.4 Å². The zero-order chi connectivity index (χ0) is 7.84. The molecule has 0 fully saturated rings. The van der Waals surface area contributed by atoms with Crippen LogP contribution in [-0.4, -0.2) is 5.91 Å². The molecule has 0 N–H and O–H groups in total. The molecule has 0 saturated carbocycles. The van der Waals surface area contributed by atoms with Gasteiger partial charge in [-0.05, 0) is 11.6 Å². The Morgan fingerprint density at radius 3 is 2.82 bits per heavy atom. The van der Waals surface area contributed by atoms with Crippen molar-refractivity contribution in [1.29, 1.82) is 0 Å². The van der Waals surface area contributed by atoms with E-state index >= 15 is 0 Å². The highest BCUT2D eigenvalue weighted by Crippen LogP contribution is 2.26. The second kappa shape index (κ2) is 2.09. The lowest BCUT2D eigenvalue weighted by Gasteiger charge is -2.07. The third-order valence-corrected chi connectivity index (χ3v) is 1.86. The minimum Gasteiger partial charge on any atom is -0.304 e. The van der Waals surface area contributed by atoms with Crippen molar-refractivity contribution in [2.24, 2.45) is 0 Å². The van der Waals surface area contributed by atoms with Gasteiger partial charge in [0.1, 0.15) is 0 Å². The molecule has 1 aromatic rings. The molecule has 0 bridgehead atoms. The standard InChI is InChI=1S/C9H7NO/c1-10-8-5-3-2-4-7(8)6-9(10)11/h1-5H,6H2. The van der Waals surface area contributed by atoms with Crippen LogP contribution in [0.5, 0.6) is 0 Å². The second-order valence-corrected chi connectivity index (χ2v) is 2.57. The second-order valence-electron chi connectivity index (χ2n) is 2.57. The maximum Gasteiger partial charge on any atom is 0.231 e. The molecular weight excluding hydrogens is 138 g/mol. The summed E-state index contributed by atoms with van der Waals surface area (Å²) in [6.45, 7) is 0. The van der Waals surface area contributed by atoms with Crippen LogP contribution in [0.3, 0.4) is 0 Å². The maximum absolute atomic E-state index is 11.0. The van der Waals surface area contributed by atoms with Gasteiger partial charge < -0.3 is 4.90 Å². The highest BCUT2D eigenvalue weighted by molar-refractivity contribution is 6.01. The predicted molar refractivity (Wildman–Crippen MR) is 41.9 cm³/mol. The molecule has 0 saturated heterocycles. The first-order chi connectivity index (χ1) is 5.29. The summed E-state index contributed by atoms with van der Waals surface area (Å²) in [5.74, 6) is -0.0359. The number of carbonyl (C=O) groups is 1. The van der Waals surface area contributed by atoms with Gasteiger partial charge >= 0.3 is 0 Å². The summed E-state index contributed by atoms with van der Waals surface area (Å²) < 4.78 is 0. The summed E-state index contributed by atoms with van der Waals surface area (Å²) in [4.78, 5) is 12.2. The topological polar surface area (TPSA) is 20.3 Å². The van der Waals surface area contributed by atoms with Gasteiger partial charge in [-0.25, -0.2) is 0 Å². The minimum absolute atomic E-state index is 0.0359. The normalized spacial score (nSPS) is 15.4. The van der Waals surface area contributed by atoms with Crippen molar-refractivity contribution in [2.45, 2.75) is 6.42 Å². The molecule has 2 radical (unpaired) electrons. The number of nitrogens with zero attached hydrogens (tertiary/aromatic N) is 1. The third-order valence-electron chi connectivity index (χ3n) is 1.86. The van der Waals surface area contributed by atoms with E-state index in [1.165, 1.54) is 4.90 Å². The van der Waals surface area contributed by atoms with Crippen LogP contribution in [0.4, 0.5) is 5.69 Å². The molecule has 0 aliphatic carbocycles. The van der Waals surface area contributed by atoms with E-state index in [1.54, 1.807) is 0 Å². The molecule has 1 aliphatic rings. The lowest BCUT2D eigenvalue weighted by atomic mass is 10.2. The fraction of sp³-hybridized carbons (Fsp3) is 0.111. The molecule has 0 aromatic heterocycles. The Kier molecular flexibility index (Phi) is 1.22. The van der Waals surface area contributed by atoms with Gasteiger partial charge in [0.15, 0.2) is 0 Å². The van der Waals surface area contributed by atoms with Crippen molar-refractivity contribution in [2.75, 3.05) is 4.90 Å². The van der Waals surface area contributed by atoms with E-state index in [2.05, 4.69) is 0 Å². The lowest BCUT2D eigenvalue weighted by molar-refractivity contribution is -0.116. The van der Waals surface area contributed by atoms with Crippen molar-refractivity contribution in [1.82, 2.24) is 0 Å². The number of carbonyl (C=O) groups excluding carboxylic acids is 1. The zero-order valence-corrected chi connectivity index (χ0v) is 5.95. The van der Waals surface area contributed by atoms with Crippen LogP contribution in [0, 0.1) is 7.05 Å². The fourth-order valence-electron chi connectivity index (χ4n) is 1.28. The summed E-state index contributed by atoms with van der Waals surface area (Å²) in [7, 11) is 5.47. The van der Waals surface area contributed by atoms with Crippen LogP contribution < -0.4 is 4.90 Å². The first kappa shape index (κ1) is 6.40. The Hall–Kier alpha value is -1.31. The zero-order valence-electron chi connectivity index (χ0n) is 5.95. The van der Waals surface area contributed by atoms with E-state index in [4.69, 9.17) is 7.05 Å². The van der Waals surface area contributed by atoms with Crippen LogP contribution in [0.25, 0.3) is 0 Å². The van der Waals surface area contributed by atoms with Gasteiger partial charge in [-0.1, -0.05) is 18.2 Å². The van der Waals surface area contributed by atoms with Crippen LogP contribution in [0.15, 0.2) is 24.3 Å². The van der Waals surface area contributed by atoms with Crippen molar-refractivity contribution in [3.8, 4) is 0 Å². The van der Waals surface area contributed by atoms with Crippen LogP contribution in [0.2, 0.25) is 0 Å². The first-order valence-electron chi connectivity index (χ1n) is 3.44. The number of hydrogen-bond acceptors (Lipinski definition) is 1. The van der Waals surface area contributed by atoms with Crippen LogP contribution in [0.1, 0.15) is 5.56 Å². The van der Waals surface area contributed by atoms with Crippen molar-refractivity contribution in [3.05, 3.63) is 36.9 Å². The average Bonchev–Trinajstić information content (AvgIpc) is 2.30. The van der Waals surface area contributed by atoms with E-state index in [0.717, 1.165) is 11.3 Å². The number of fused-ring (bicyclic) bond motifs is 1. The summed E-state index contributed by atoms with van der Waals surface area (Å²) in [6, 6.07) is 7.54. The van der Waals surface area contributed by atoms with Gasteiger partial charge in [0.25, 0.3) is 0 Å². The highest BCUT2D eigenvalue weighted by atomic mass is 16.2. The Morgan fingerprint density at radius 1 is 1.36 bits per heavy atom. The molecule has 2 nitrogen and oxygen atoms in total. The monoisotopic (exact) mass is 145 g/mol. The van der Waals surface area contributed by atoms with Gasteiger partial charge in [0.05, 0.1) is 13.5 Å². The van der Waals surface area contributed by atoms with E-state index in [0.29, 0.717) is 6.42 Å². The first-order valence-corrected chi connectivity index (χ1v) is 3.44. The van der Waals surface area contributed by atoms with Crippen molar-refractivity contribution >= 4 is 11.6 Å².